The Balaban J connectivity index is 2.11. The van der Waals surface area contributed by atoms with Gasteiger partial charge in [0.25, 0.3) is 5.91 Å². The molecule has 1 heterocycles. The van der Waals surface area contributed by atoms with E-state index in [1.807, 2.05) is 26.0 Å². The molecule has 0 unspecified atom stereocenters. The first-order valence-electron chi connectivity index (χ1n) is 9.28. The molecule has 0 aliphatic carbocycles. The largest absolute Gasteiger partial charge is 0.508 e. The van der Waals surface area contributed by atoms with Gasteiger partial charge in [-0.25, -0.2) is 0 Å². The molecular weight excluding hydrogens is 346 g/mol. The molecule has 1 aromatic carbocycles. The van der Waals surface area contributed by atoms with Crippen LogP contribution in [0.2, 0.25) is 0 Å². The third kappa shape index (κ3) is 5.57. The molecule has 2 atom stereocenters. The molecular formula is C20H27N3O4. The number of hydrogen-bond acceptors (Lipinski definition) is 4. The van der Waals surface area contributed by atoms with Gasteiger partial charge in [0.15, 0.2) is 0 Å². The van der Waals surface area contributed by atoms with E-state index in [-0.39, 0.29) is 42.5 Å². The lowest BCUT2D eigenvalue weighted by Crippen LogP contribution is -2.46. The lowest BCUT2D eigenvalue weighted by molar-refractivity contribution is -0.125. The maximum Gasteiger partial charge on any atom is 0.254 e. The van der Waals surface area contributed by atoms with Gasteiger partial charge >= 0.3 is 0 Å². The second-order valence-electron chi connectivity index (χ2n) is 6.50. The Hall–Kier alpha value is -2.83. The van der Waals surface area contributed by atoms with Gasteiger partial charge in [0, 0.05) is 31.1 Å². The molecule has 2 rings (SSSR count). The van der Waals surface area contributed by atoms with Gasteiger partial charge in [-0.05, 0) is 44.0 Å². The number of benzene rings is 1. The number of phenols is 1. The first kappa shape index (κ1) is 20.5. The van der Waals surface area contributed by atoms with Crippen LogP contribution in [0.15, 0.2) is 36.4 Å². The monoisotopic (exact) mass is 373 g/mol. The number of rotatable bonds is 7. The molecule has 7 heteroatoms. The molecule has 0 bridgehead atoms. The Morgan fingerprint density at radius 1 is 1.19 bits per heavy atom. The highest BCUT2D eigenvalue weighted by atomic mass is 16.3. The minimum absolute atomic E-state index is 0.0681. The summed E-state index contributed by atoms with van der Waals surface area (Å²) in [5.74, 6) is -0.585. The summed E-state index contributed by atoms with van der Waals surface area (Å²) in [4.78, 5) is 38.8. The Morgan fingerprint density at radius 3 is 2.52 bits per heavy atom. The molecule has 1 saturated heterocycles. The summed E-state index contributed by atoms with van der Waals surface area (Å²) in [5.41, 5.74) is 0.389. The van der Waals surface area contributed by atoms with Crippen LogP contribution in [0, 0.1) is 0 Å². The highest BCUT2D eigenvalue weighted by Crippen LogP contribution is 2.22. The number of carbonyl (C=O) groups is 3. The quantitative estimate of drug-likeness (QED) is 0.632. The zero-order valence-corrected chi connectivity index (χ0v) is 15.8. The maximum atomic E-state index is 12.9. The standard InChI is InChI=1S/C20H27N3O4/c1-3-5-6-7-18(25)22-15-12-17(19(26)21-4-2)23(13-15)20(27)14-8-10-16(24)11-9-14/h5-6,8-11,15,17,24H,3-4,7,12-13H2,1-2H3,(H,21,26)(H,22,25)/t15-,17-/m0/s1. The third-order valence-corrected chi connectivity index (χ3v) is 4.40. The van der Waals surface area contributed by atoms with E-state index in [9.17, 15) is 19.5 Å². The van der Waals surface area contributed by atoms with E-state index in [2.05, 4.69) is 10.6 Å². The summed E-state index contributed by atoms with van der Waals surface area (Å²) < 4.78 is 0. The summed E-state index contributed by atoms with van der Waals surface area (Å²) >= 11 is 0. The van der Waals surface area contributed by atoms with Gasteiger partial charge in [-0.1, -0.05) is 19.1 Å². The molecule has 1 fully saturated rings. The minimum Gasteiger partial charge on any atom is -0.508 e. The number of nitrogens with one attached hydrogen (secondary N) is 2. The lowest BCUT2D eigenvalue weighted by atomic mass is 10.1. The zero-order chi connectivity index (χ0) is 19.8. The molecule has 1 aromatic rings. The fourth-order valence-electron chi connectivity index (χ4n) is 3.12. The van der Waals surface area contributed by atoms with Crippen LogP contribution in [0.4, 0.5) is 0 Å². The van der Waals surface area contributed by atoms with Gasteiger partial charge in [-0.3, -0.25) is 14.4 Å². The molecule has 7 nitrogen and oxygen atoms in total. The van der Waals surface area contributed by atoms with E-state index in [1.165, 1.54) is 29.2 Å². The van der Waals surface area contributed by atoms with Crippen LogP contribution in [0.1, 0.15) is 43.5 Å². The number of hydrogen-bond donors (Lipinski definition) is 3. The Labute approximate surface area is 159 Å². The van der Waals surface area contributed by atoms with Crippen molar-refractivity contribution in [2.45, 2.75) is 45.2 Å². The summed E-state index contributed by atoms with van der Waals surface area (Å²) in [5, 5.41) is 15.1. The topological polar surface area (TPSA) is 98.7 Å². The molecule has 0 radical (unpaired) electrons. The minimum atomic E-state index is -0.636. The summed E-state index contributed by atoms with van der Waals surface area (Å²) in [6.45, 7) is 4.55. The Morgan fingerprint density at radius 2 is 1.89 bits per heavy atom. The summed E-state index contributed by atoms with van der Waals surface area (Å²) in [7, 11) is 0. The molecule has 1 aliphatic rings. The van der Waals surface area contributed by atoms with Gasteiger partial charge < -0.3 is 20.6 Å². The molecule has 3 N–H and O–H groups in total. The van der Waals surface area contributed by atoms with E-state index in [1.54, 1.807) is 0 Å². The average Bonchev–Trinajstić information content (AvgIpc) is 3.06. The molecule has 0 saturated carbocycles. The normalized spacial score (nSPS) is 19.3. The highest BCUT2D eigenvalue weighted by molar-refractivity contribution is 5.98. The number of likely N-dealkylation sites (N-methyl/N-ethyl adjacent to an activating group) is 1. The second kappa shape index (κ2) is 9.75. The van der Waals surface area contributed by atoms with Crippen molar-refractivity contribution >= 4 is 17.7 Å². The number of phenolic OH excluding ortho intramolecular Hbond substituents is 1. The van der Waals surface area contributed by atoms with Gasteiger partial charge in [-0.2, -0.15) is 0 Å². The fourth-order valence-corrected chi connectivity index (χ4v) is 3.12. The van der Waals surface area contributed by atoms with E-state index in [0.29, 0.717) is 18.5 Å². The van der Waals surface area contributed by atoms with Crippen LogP contribution in [0.3, 0.4) is 0 Å². The van der Waals surface area contributed by atoms with Crippen LogP contribution >= 0.6 is 0 Å². The first-order valence-corrected chi connectivity index (χ1v) is 9.28. The van der Waals surface area contributed by atoms with Crippen LogP contribution in [-0.4, -0.2) is 52.9 Å². The number of likely N-dealkylation sites (tertiary alicyclic amines) is 1. The molecule has 27 heavy (non-hydrogen) atoms. The van der Waals surface area contributed by atoms with Crippen molar-refractivity contribution in [3.05, 3.63) is 42.0 Å². The summed E-state index contributed by atoms with van der Waals surface area (Å²) in [6, 6.07) is 5.00. The number of aromatic hydroxyl groups is 1. The molecule has 146 valence electrons. The average molecular weight is 373 g/mol. The Kier molecular flexibility index (Phi) is 7.40. The van der Waals surface area contributed by atoms with Crippen molar-refractivity contribution in [2.24, 2.45) is 0 Å². The number of amides is 3. The van der Waals surface area contributed by atoms with Crippen molar-refractivity contribution in [1.29, 1.82) is 0 Å². The summed E-state index contributed by atoms with van der Waals surface area (Å²) in [6.07, 6.45) is 5.25. The van der Waals surface area contributed by atoms with Gasteiger partial charge in [-0.15, -0.1) is 0 Å². The first-order chi connectivity index (χ1) is 13.0. The lowest BCUT2D eigenvalue weighted by Gasteiger charge is -2.23. The Bertz CT molecular complexity index is 700. The molecule has 1 aliphatic heterocycles. The van der Waals surface area contributed by atoms with E-state index < -0.39 is 6.04 Å². The molecule has 0 aromatic heterocycles. The van der Waals surface area contributed by atoms with Gasteiger partial charge in [0.2, 0.25) is 11.8 Å². The zero-order valence-electron chi connectivity index (χ0n) is 15.8. The maximum absolute atomic E-state index is 12.9. The number of nitrogens with zero attached hydrogens (tertiary/aromatic N) is 1. The van der Waals surface area contributed by atoms with Crippen LogP contribution in [0.25, 0.3) is 0 Å². The van der Waals surface area contributed by atoms with Crippen molar-refractivity contribution < 1.29 is 19.5 Å². The fraction of sp³-hybridized carbons (Fsp3) is 0.450. The highest BCUT2D eigenvalue weighted by Gasteiger charge is 2.40. The number of allylic oxidation sites excluding steroid dienone is 1. The van der Waals surface area contributed by atoms with Gasteiger partial charge in [0.1, 0.15) is 11.8 Å². The smallest absolute Gasteiger partial charge is 0.254 e. The van der Waals surface area contributed by atoms with Crippen LogP contribution in [0.5, 0.6) is 5.75 Å². The second-order valence-corrected chi connectivity index (χ2v) is 6.50. The van der Waals surface area contributed by atoms with E-state index >= 15 is 0 Å². The molecule has 0 spiro atoms. The van der Waals surface area contributed by atoms with E-state index in [0.717, 1.165) is 6.42 Å². The van der Waals surface area contributed by atoms with Crippen LogP contribution in [-0.2, 0) is 9.59 Å². The molecule has 3 amide bonds. The van der Waals surface area contributed by atoms with Crippen molar-refractivity contribution in [3.63, 3.8) is 0 Å². The van der Waals surface area contributed by atoms with Crippen molar-refractivity contribution in [2.75, 3.05) is 13.1 Å². The SMILES string of the molecule is CCC=CCC(=O)N[C@H]1C[C@@H](C(=O)NCC)N(C(=O)c2ccc(O)cc2)C1. The predicted molar refractivity (Wildman–Crippen MR) is 102 cm³/mol. The van der Waals surface area contributed by atoms with Crippen molar-refractivity contribution in [1.82, 2.24) is 15.5 Å². The van der Waals surface area contributed by atoms with E-state index in [4.69, 9.17) is 0 Å². The predicted octanol–water partition coefficient (Wildman–Crippen LogP) is 1.58. The van der Waals surface area contributed by atoms with Crippen LogP contribution < -0.4 is 10.6 Å². The third-order valence-electron chi connectivity index (χ3n) is 4.40. The van der Waals surface area contributed by atoms with Gasteiger partial charge in [0.05, 0.1) is 0 Å². The number of carbonyl (C=O) groups excluding carboxylic acids is 3. The van der Waals surface area contributed by atoms with Crippen molar-refractivity contribution in [3.8, 4) is 5.75 Å².